The lowest BCUT2D eigenvalue weighted by Crippen LogP contribution is -2.07. The molecule has 0 spiro atoms. The SMILES string of the molecule is COc1ccc(-c2nc(NC(=O)/C=C/c3cccc([N+](=O)[O-])c3)sc2C)cc1C. The first-order valence-corrected chi connectivity index (χ1v) is 9.55. The number of methoxy groups -OCH3 is 1. The number of hydrogen-bond donors (Lipinski definition) is 1. The molecule has 1 N–H and O–H groups in total. The second-order valence-electron chi connectivity index (χ2n) is 6.28. The van der Waals surface area contributed by atoms with Crippen molar-refractivity contribution in [1.29, 1.82) is 0 Å². The lowest BCUT2D eigenvalue weighted by Gasteiger charge is -2.06. The fraction of sp³-hybridized carbons (Fsp3) is 0.143. The number of aryl methyl sites for hydroxylation is 2. The monoisotopic (exact) mass is 409 g/mol. The maximum absolute atomic E-state index is 12.2. The summed E-state index contributed by atoms with van der Waals surface area (Å²) in [5.41, 5.74) is 3.30. The fourth-order valence-corrected chi connectivity index (χ4v) is 3.64. The molecule has 148 valence electrons. The van der Waals surface area contributed by atoms with Gasteiger partial charge in [-0.1, -0.05) is 12.1 Å². The van der Waals surface area contributed by atoms with Gasteiger partial charge in [0.25, 0.3) is 5.69 Å². The molecule has 0 saturated heterocycles. The van der Waals surface area contributed by atoms with E-state index >= 15 is 0 Å². The van der Waals surface area contributed by atoms with Gasteiger partial charge in [-0.25, -0.2) is 4.98 Å². The summed E-state index contributed by atoms with van der Waals surface area (Å²) in [7, 11) is 1.63. The van der Waals surface area contributed by atoms with E-state index in [4.69, 9.17) is 4.74 Å². The number of anilines is 1. The Morgan fingerprint density at radius 3 is 2.72 bits per heavy atom. The van der Waals surface area contributed by atoms with Gasteiger partial charge in [-0.05, 0) is 49.2 Å². The molecule has 0 saturated carbocycles. The normalized spacial score (nSPS) is 10.9. The van der Waals surface area contributed by atoms with E-state index in [2.05, 4.69) is 10.3 Å². The van der Waals surface area contributed by atoms with E-state index in [1.807, 2.05) is 32.0 Å². The van der Waals surface area contributed by atoms with Gasteiger partial charge in [0.05, 0.1) is 17.7 Å². The smallest absolute Gasteiger partial charge is 0.270 e. The van der Waals surface area contributed by atoms with E-state index in [0.29, 0.717) is 10.7 Å². The Kier molecular flexibility index (Phi) is 6.04. The van der Waals surface area contributed by atoms with Crippen LogP contribution in [0.4, 0.5) is 10.8 Å². The van der Waals surface area contributed by atoms with Crippen molar-refractivity contribution in [1.82, 2.24) is 4.98 Å². The lowest BCUT2D eigenvalue weighted by atomic mass is 10.1. The first-order chi connectivity index (χ1) is 13.9. The average Bonchev–Trinajstić information content (AvgIpc) is 3.06. The van der Waals surface area contributed by atoms with Crippen molar-refractivity contribution >= 4 is 34.1 Å². The van der Waals surface area contributed by atoms with Crippen LogP contribution in [0.2, 0.25) is 0 Å². The number of nitro benzene ring substituents is 1. The summed E-state index contributed by atoms with van der Waals surface area (Å²) in [6.45, 7) is 3.91. The van der Waals surface area contributed by atoms with E-state index in [0.717, 1.165) is 27.4 Å². The van der Waals surface area contributed by atoms with Crippen LogP contribution in [0.1, 0.15) is 16.0 Å². The third-order valence-corrected chi connectivity index (χ3v) is 5.09. The summed E-state index contributed by atoms with van der Waals surface area (Å²) in [6, 6.07) is 11.9. The minimum atomic E-state index is -0.474. The van der Waals surface area contributed by atoms with E-state index in [1.165, 1.54) is 35.6 Å². The molecule has 0 aliphatic heterocycles. The Morgan fingerprint density at radius 2 is 2.03 bits per heavy atom. The Balaban J connectivity index is 1.73. The summed E-state index contributed by atoms with van der Waals surface area (Å²) >= 11 is 1.38. The Morgan fingerprint density at radius 1 is 1.24 bits per heavy atom. The second-order valence-corrected chi connectivity index (χ2v) is 7.49. The highest BCUT2D eigenvalue weighted by molar-refractivity contribution is 7.16. The quantitative estimate of drug-likeness (QED) is 0.351. The minimum absolute atomic E-state index is 0.0254. The van der Waals surface area contributed by atoms with Gasteiger partial charge < -0.3 is 4.74 Å². The van der Waals surface area contributed by atoms with Crippen LogP contribution in [0.25, 0.3) is 17.3 Å². The molecule has 7 nitrogen and oxygen atoms in total. The van der Waals surface area contributed by atoms with Gasteiger partial charge in [-0.2, -0.15) is 0 Å². The molecule has 0 bridgehead atoms. The number of hydrogen-bond acceptors (Lipinski definition) is 6. The van der Waals surface area contributed by atoms with Crippen molar-refractivity contribution < 1.29 is 14.5 Å². The highest BCUT2D eigenvalue weighted by atomic mass is 32.1. The van der Waals surface area contributed by atoms with Crippen molar-refractivity contribution in [3.05, 3.63) is 74.7 Å². The zero-order valence-electron chi connectivity index (χ0n) is 16.1. The zero-order valence-corrected chi connectivity index (χ0v) is 16.9. The number of rotatable bonds is 6. The molecule has 0 aliphatic carbocycles. The molecule has 3 rings (SSSR count). The zero-order chi connectivity index (χ0) is 21.0. The summed E-state index contributed by atoms with van der Waals surface area (Å²) < 4.78 is 5.29. The molecular formula is C21H19N3O4S. The number of nitrogens with one attached hydrogen (secondary N) is 1. The predicted octanol–water partition coefficient (Wildman–Crippen LogP) is 5.00. The van der Waals surface area contributed by atoms with Crippen LogP contribution in [0, 0.1) is 24.0 Å². The second kappa shape index (κ2) is 8.66. The number of non-ortho nitro benzene ring substituents is 1. The summed E-state index contributed by atoms with van der Waals surface area (Å²) in [4.78, 5) is 28.1. The summed E-state index contributed by atoms with van der Waals surface area (Å²) in [5.74, 6) is 0.448. The minimum Gasteiger partial charge on any atom is -0.496 e. The van der Waals surface area contributed by atoms with Crippen molar-refractivity contribution in [3.63, 3.8) is 0 Å². The number of carbonyl (C=O) groups excluding carboxylic acids is 1. The molecule has 29 heavy (non-hydrogen) atoms. The average molecular weight is 409 g/mol. The Hall–Kier alpha value is -3.52. The van der Waals surface area contributed by atoms with Crippen molar-refractivity contribution in [2.75, 3.05) is 12.4 Å². The topological polar surface area (TPSA) is 94.4 Å². The van der Waals surface area contributed by atoms with Gasteiger partial charge in [0.1, 0.15) is 5.75 Å². The Labute approximate surface area is 171 Å². The maximum Gasteiger partial charge on any atom is 0.270 e. The van der Waals surface area contributed by atoms with Crippen LogP contribution in [0.3, 0.4) is 0 Å². The first-order valence-electron chi connectivity index (χ1n) is 8.73. The molecular weight excluding hydrogens is 390 g/mol. The number of nitro groups is 1. The fourth-order valence-electron chi connectivity index (χ4n) is 2.80. The third kappa shape index (κ3) is 4.85. The molecule has 1 heterocycles. The van der Waals surface area contributed by atoms with Gasteiger partial charge in [-0.3, -0.25) is 20.2 Å². The summed E-state index contributed by atoms with van der Waals surface area (Å²) in [6.07, 6.45) is 2.85. The first kappa shape index (κ1) is 20.2. The van der Waals surface area contributed by atoms with Crippen LogP contribution in [-0.4, -0.2) is 22.9 Å². The van der Waals surface area contributed by atoms with E-state index in [1.54, 1.807) is 19.2 Å². The standard InChI is InChI=1S/C21H19N3O4S/c1-13-11-16(8-9-18(13)28-3)20-14(2)29-21(23-20)22-19(25)10-7-15-5-4-6-17(12-15)24(26)27/h4-12H,1-3H3,(H,22,23,25)/b10-7+. The van der Waals surface area contributed by atoms with Crippen LogP contribution in [0.15, 0.2) is 48.5 Å². The third-order valence-electron chi connectivity index (χ3n) is 4.20. The molecule has 0 aliphatic rings. The number of thiazole rings is 1. The molecule has 0 radical (unpaired) electrons. The molecule has 1 amide bonds. The molecule has 1 aromatic heterocycles. The Bertz CT molecular complexity index is 1110. The lowest BCUT2D eigenvalue weighted by molar-refractivity contribution is -0.384. The largest absolute Gasteiger partial charge is 0.496 e. The molecule has 0 unspecified atom stereocenters. The number of ether oxygens (including phenoxy) is 1. The number of amides is 1. The molecule has 0 atom stereocenters. The number of carbonyl (C=O) groups is 1. The van der Waals surface area contributed by atoms with E-state index < -0.39 is 4.92 Å². The van der Waals surface area contributed by atoms with Crippen LogP contribution in [0.5, 0.6) is 5.75 Å². The molecule has 0 fully saturated rings. The predicted molar refractivity (Wildman–Crippen MR) is 114 cm³/mol. The van der Waals surface area contributed by atoms with Gasteiger partial charge in [0.15, 0.2) is 5.13 Å². The van der Waals surface area contributed by atoms with Gasteiger partial charge >= 0.3 is 0 Å². The highest BCUT2D eigenvalue weighted by Gasteiger charge is 2.12. The van der Waals surface area contributed by atoms with Crippen molar-refractivity contribution in [2.24, 2.45) is 0 Å². The van der Waals surface area contributed by atoms with E-state index in [-0.39, 0.29) is 11.6 Å². The van der Waals surface area contributed by atoms with Crippen molar-refractivity contribution in [2.45, 2.75) is 13.8 Å². The maximum atomic E-state index is 12.2. The van der Waals surface area contributed by atoms with Gasteiger partial charge in [-0.15, -0.1) is 11.3 Å². The molecule has 2 aromatic carbocycles. The van der Waals surface area contributed by atoms with Crippen LogP contribution in [-0.2, 0) is 4.79 Å². The number of benzene rings is 2. The molecule has 8 heteroatoms. The van der Waals surface area contributed by atoms with Crippen LogP contribution < -0.4 is 10.1 Å². The van der Waals surface area contributed by atoms with Gasteiger partial charge in [0, 0.05) is 28.6 Å². The summed E-state index contributed by atoms with van der Waals surface area (Å²) in [5, 5.41) is 14.1. The van der Waals surface area contributed by atoms with E-state index in [9.17, 15) is 14.9 Å². The molecule has 3 aromatic rings. The van der Waals surface area contributed by atoms with Gasteiger partial charge in [0.2, 0.25) is 5.91 Å². The number of aromatic nitrogens is 1. The number of nitrogens with zero attached hydrogens (tertiary/aromatic N) is 2. The van der Waals surface area contributed by atoms with Crippen LogP contribution >= 0.6 is 11.3 Å². The van der Waals surface area contributed by atoms with Crippen molar-refractivity contribution in [3.8, 4) is 17.0 Å². The highest BCUT2D eigenvalue weighted by Crippen LogP contribution is 2.32.